The van der Waals surface area contributed by atoms with Gasteiger partial charge in [0, 0.05) is 37.8 Å². The van der Waals surface area contributed by atoms with Crippen molar-refractivity contribution in [2.75, 3.05) is 26.9 Å². The molecule has 3 rings (SSSR count). The highest BCUT2D eigenvalue weighted by Gasteiger charge is 2.18. The van der Waals surface area contributed by atoms with E-state index >= 15 is 0 Å². The molecule has 1 aromatic carbocycles. The highest BCUT2D eigenvalue weighted by atomic mass is 32.1. The number of amides is 1. The second-order valence-corrected chi connectivity index (χ2v) is 6.87. The van der Waals surface area contributed by atoms with Crippen LogP contribution in [0, 0.1) is 0 Å². The number of hydrogen-bond acceptors (Lipinski definition) is 5. The van der Waals surface area contributed by atoms with Crippen LogP contribution < -0.4 is 10.1 Å². The fraction of sp³-hybridized carbons (Fsp3) is 0.368. The molecule has 0 unspecified atom stereocenters. The van der Waals surface area contributed by atoms with E-state index in [9.17, 15) is 4.79 Å². The van der Waals surface area contributed by atoms with Crippen molar-refractivity contribution in [3.8, 4) is 17.0 Å². The number of aromatic nitrogens is 2. The molecule has 0 spiro atoms. The van der Waals surface area contributed by atoms with Crippen molar-refractivity contribution in [2.45, 2.75) is 13.3 Å². The van der Waals surface area contributed by atoms with Crippen LogP contribution in [0.5, 0.6) is 5.75 Å². The van der Waals surface area contributed by atoms with E-state index in [4.69, 9.17) is 9.47 Å². The molecule has 0 aliphatic carbocycles. The molecule has 0 saturated heterocycles. The first-order valence-corrected chi connectivity index (χ1v) is 9.42. The highest BCUT2D eigenvalue weighted by Crippen LogP contribution is 2.34. The summed E-state index contributed by atoms with van der Waals surface area (Å²) in [6.07, 6.45) is 0.807. The van der Waals surface area contributed by atoms with Gasteiger partial charge in [-0.25, -0.2) is 0 Å². The van der Waals surface area contributed by atoms with E-state index in [1.165, 1.54) is 11.3 Å². The topological polar surface area (TPSA) is 65.4 Å². The van der Waals surface area contributed by atoms with Crippen LogP contribution in [0.15, 0.2) is 30.3 Å². The molecular formula is C19H23N3O3S. The van der Waals surface area contributed by atoms with Crippen LogP contribution in [0.3, 0.4) is 0 Å². The van der Waals surface area contributed by atoms with Gasteiger partial charge >= 0.3 is 0 Å². The molecule has 0 bridgehead atoms. The van der Waals surface area contributed by atoms with Crippen molar-refractivity contribution in [2.24, 2.45) is 7.05 Å². The Kier molecular flexibility index (Phi) is 5.90. The molecule has 2 heterocycles. The molecule has 2 aromatic heterocycles. The van der Waals surface area contributed by atoms with Crippen LogP contribution in [0.1, 0.15) is 23.0 Å². The monoisotopic (exact) mass is 373 g/mol. The number of benzene rings is 1. The number of fused-ring (bicyclic) bond motifs is 1. The minimum absolute atomic E-state index is 0.0562. The van der Waals surface area contributed by atoms with Crippen LogP contribution >= 0.6 is 11.3 Å². The fourth-order valence-corrected chi connectivity index (χ4v) is 3.73. The Morgan fingerprint density at radius 3 is 2.96 bits per heavy atom. The van der Waals surface area contributed by atoms with Gasteiger partial charge in [-0.05, 0) is 31.5 Å². The Hall–Kier alpha value is -2.38. The van der Waals surface area contributed by atoms with Gasteiger partial charge in [0.1, 0.15) is 16.3 Å². The first-order valence-electron chi connectivity index (χ1n) is 8.61. The van der Waals surface area contributed by atoms with Gasteiger partial charge in [-0.1, -0.05) is 12.1 Å². The lowest BCUT2D eigenvalue weighted by atomic mass is 10.1. The fourth-order valence-electron chi connectivity index (χ4n) is 2.74. The number of nitrogens with one attached hydrogen (secondary N) is 1. The summed E-state index contributed by atoms with van der Waals surface area (Å²) in [5.74, 6) is 0.725. The van der Waals surface area contributed by atoms with Crippen LogP contribution in [-0.4, -0.2) is 42.6 Å². The molecule has 1 amide bonds. The van der Waals surface area contributed by atoms with Crippen molar-refractivity contribution in [1.29, 1.82) is 0 Å². The predicted molar refractivity (Wildman–Crippen MR) is 104 cm³/mol. The molecule has 138 valence electrons. The average Bonchev–Trinajstić information content (AvgIpc) is 3.22. The van der Waals surface area contributed by atoms with Crippen LogP contribution in [-0.2, 0) is 11.8 Å². The summed E-state index contributed by atoms with van der Waals surface area (Å²) in [4.78, 5) is 14.1. The van der Waals surface area contributed by atoms with E-state index < -0.39 is 0 Å². The third-order valence-corrected chi connectivity index (χ3v) is 5.23. The lowest BCUT2D eigenvalue weighted by Gasteiger charge is -2.04. The molecule has 0 radical (unpaired) electrons. The molecule has 6 nitrogen and oxygen atoms in total. The maximum atomic E-state index is 12.4. The molecule has 7 heteroatoms. The van der Waals surface area contributed by atoms with Gasteiger partial charge in [0.25, 0.3) is 5.91 Å². The standard InChI is InChI=1S/C19H23N3O3S/c1-4-25-10-6-9-20-18(23)16-12-15-17(21-22(2)19(15)26-16)13-7-5-8-14(11-13)24-3/h5,7-8,11-12H,4,6,9-10H2,1-3H3,(H,20,23). The number of methoxy groups -OCH3 is 1. The Morgan fingerprint density at radius 2 is 2.19 bits per heavy atom. The summed E-state index contributed by atoms with van der Waals surface area (Å²) in [6.45, 7) is 3.93. The van der Waals surface area contributed by atoms with E-state index in [-0.39, 0.29) is 5.91 Å². The van der Waals surface area contributed by atoms with Crippen molar-refractivity contribution >= 4 is 27.5 Å². The van der Waals surface area contributed by atoms with Crippen molar-refractivity contribution < 1.29 is 14.3 Å². The molecule has 0 atom stereocenters. The largest absolute Gasteiger partial charge is 0.497 e. The van der Waals surface area contributed by atoms with Crippen molar-refractivity contribution in [3.63, 3.8) is 0 Å². The number of hydrogen-bond donors (Lipinski definition) is 1. The van der Waals surface area contributed by atoms with Gasteiger partial charge in [-0.2, -0.15) is 5.10 Å². The number of rotatable bonds is 8. The first kappa shape index (κ1) is 18.4. The van der Waals surface area contributed by atoms with Crippen LogP contribution in [0.25, 0.3) is 21.5 Å². The number of aryl methyl sites for hydroxylation is 1. The summed E-state index contributed by atoms with van der Waals surface area (Å²) < 4.78 is 12.4. The van der Waals surface area contributed by atoms with Gasteiger partial charge < -0.3 is 14.8 Å². The van der Waals surface area contributed by atoms with E-state index in [1.807, 2.05) is 49.0 Å². The molecule has 0 aliphatic rings. The van der Waals surface area contributed by atoms with E-state index in [1.54, 1.807) is 7.11 Å². The lowest BCUT2D eigenvalue weighted by molar-refractivity contribution is 0.0948. The zero-order valence-corrected chi connectivity index (χ0v) is 16.1. The second kappa shape index (κ2) is 8.33. The van der Waals surface area contributed by atoms with Gasteiger partial charge in [0.05, 0.1) is 12.0 Å². The normalized spacial score (nSPS) is 11.0. The van der Waals surface area contributed by atoms with E-state index in [0.29, 0.717) is 24.6 Å². The van der Waals surface area contributed by atoms with E-state index in [0.717, 1.165) is 33.6 Å². The molecule has 3 aromatic rings. The summed E-state index contributed by atoms with van der Waals surface area (Å²) in [5.41, 5.74) is 1.82. The van der Waals surface area contributed by atoms with Crippen molar-refractivity contribution in [3.05, 3.63) is 35.2 Å². The minimum atomic E-state index is -0.0562. The minimum Gasteiger partial charge on any atom is -0.497 e. The Bertz CT molecular complexity index is 901. The quantitative estimate of drug-likeness (QED) is 0.614. The number of carbonyl (C=O) groups is 1. The second-order valence-electron chi connectivity index (χ2n) is 5.84. The smallest absolute Gasteiger partial charge is 0.261 e. The number of nitrogens with zero attached hydrogens (tertiary/aromatic N) is 2. The molecule has 0 fully saturated rings. The summed E-state index contributed by atoms with van der Waals surface area (Å²) in [5, 5.41) is 8.54. The van der Waals surface area contributed by atoms with Gasteiger partial charge in [0.2, 0.25) is 0 Å². The van der Waals surface area contributed by atoms with Crippen LogP contribution in [0.2, 0.25) is 0 Å². The number of thiophene rings is 1. The van der Waals surface area contributed by atoms with Crippen LogP contribution in [0.4, 0.5) is 0 Å². The molecule has 1 N–H and O–H groups in total. The summed E-state index contributed by atoms with van der Waals surface area (Å²) in [7, 11) is 3.54. The van der Waals surface area contributed by atoms with E-state index in [2.05, 4.69) is 10.4 Å². The first-order chi connectivity index (χ1) is 12.6. The average molecular weight is 373 g/mol. The number of ether oxygens (including phenoxy) is 2. The third-order valence-electron chi connectivity index (χ3n) is 4.03. The van der Waals surface area contributed by atoms with Gasteiger partial charge in [-0.15, -0.1) is 11.3 Å². The van der Waals surface area contributed by atoms with Gasteiger partial charge in [0.15, 0.2) is 0 Å². The SMILES string of the molecule is CCOCCCNC(=O)c1cc2c(-c3cccc(OC)c3)nn(C)c2s1. The van der Waals surface area contributed by atoms with Gasteiger partial charge in [-0.3, -0.25) is 9.48 Å². The number of carbonyl (C=O) groups excluding carboxylic acids is 1. The lowest BCUT2D eigenvalue weighted by Crippen LogP contribution is -2.24. The zero-order chi connectivity index (χ0) is 18.5. The zero-order valence-electron chi connectivity index (χ0n) is 15.2. The maximum absolute atomic E-state index is 12.4. The predicted octanol–water partition coefficient (Wildman–Crippen LogP) is 3.47. The highest BCUT2D eigenvalue weighted by molar-refractivity contribution is 7.20. The molecule has 0 saturated carbocycles. The maximum Gasteiger partial charge on any atom is 0.261 e. The Balaban J connectivity index is 1.81. The molecular weight excluding hydrogens is 350 g/mol. The van der Waals surface area contributed by atoms with Crippen molar-refractivity contribution in [1.82, 2.24) is 15.1 Å². The summed E-state index contributed by atoms with van der Waals surface area (Å²) >= 11 is 1.45. The third kappa shape index (κ3) is 3.89. The molecule has 26 heavy (non-hydrogen) atoms. The summed E-state index contributed by atoms with van der Waals surface area (Å²) in [6, 6.07) is 9.70. The Morgan fingerprint density at radius 1 is 1.35 bits per heavy atom. The Labute approximate surface area is 156 Å². The molecule has 0 aliphatic heterocycles.